The molecule has 0 atom stereocenters. The highest BCUT2D eigenvalue weighted by atomic mass is 15.3. The van der Waals surface area contributed by atoms with Crippen LogP contribution in [-0.4, -0.2) is 11.2 Å². The van der Waals surface area contributed by atoms with Gasteiger partial charge in [0.2, 0.25) is 5.65 Å². The Balaban J connectivity index is 1.82. The van der Waals surface area contributed by atoms with E-state index in [9.17, 15) is 5.26 Å². The summed E-state index contributed by atoms with van der Waals surface area (Å²) in [6, 6.07) is 18.9. The smallest absolute Gasteiger partial charge is 0.253 e. The van der Waals surface area contributed by atoms with Gasteiger partial charge in [0.05, 0.1) is 6.21 Å². The maximum absolute atomic E-state index is 9.81. The molecule has 0 unspecified atom stereocenters. The van der Waals surface area contributed by atoms with E-state index in [4.69, 9.17) is 0 Å². The largest absolute Gasteiger partial charge is 0.269 e. The third-order valence-electron chi connectivity index (χ3n) is 5.65. The van der Waals surface area contributed by atoms with Gasteiger partial charge in [-0.05, 0) is 48.1 Å². The van der Waals surface area contributed by atoms with E-state index in [1.165, 1.54) is 5.56 Å². The van der Waals surface area contributed by atoms with Gasteiger partial charge in [-0.1, -0.05) is 57.2 Å². The summed E-state index contributed by atoms with van der Waals surface area (Å²) in [6.07, 6.45) is 2.63. The topological polar surface area (TPSA) is 68.1 Å². The summed E-state index contributed by atoms with van der Waals surface area (Å²) in [7, 11) is 0. The van der Waals surface area contributed by atoms with Crippen molar-refractivity contribution < 1.29 is 4.40 Å². The Morgan fingerprint density at radius 2 is 1.90 bits per heavy atom. The molecule has 0 aliphatic carbocycles. The number of anilines is 1. The Labute approximate surface area is 176 Å². The van der Waals surface area contributed by atoms with Crippen LogP contribution in [-0.2, 0) is 6.42 Å². The van der Waals surface area contributed by atoms with Crippen molar-refractivity contribution in [3.05, 3.63) is 76.3 Å². The van der Waals surface area contributed by atoms with Gasteiger partial charge in [0.25, 0.3) is 5.82 Å². The Morgan fingerprint density at radius 1 is 1.17 bits per heavy atom. The van der Waals surface area contributed by atoms with Crippen LogP contribution in [0.2, 0.25) is 0 Å². The third-order valence-corrected chi connectivity index (χ3v) is 5.65. The zero-order valence-corrected chi connectivity index (χ0v) is 17.8. The molecular formula is C25H26N5+. The first-order valence-electron chi connectivity index (χ1n) is 10.3. The van der Waals surface area contributed by atoms with E-state index < -0.39 is 0 Å². The molecule has 150 valence electrons. The lowest BCUT2D eigenvalue weighted by Gasteiger charge is -2.10. The van der Waals surface area contributed by atoms with Crippen molar-refractivity contribution in [3.63, 3.8) is 0 Å². The molecule has 0 amide bonds. The minimum Gasteiger partial charge on any atom is -0.269 e. The number of H-pyrrole nitrogens is 1. The van der Waals surface area contributed by atoms with E-state index in [1.54, 1.807) is 0 Å². The van der Waals surface area contributed by atoms with Gasteiger partial charge >= 0.3 is 0 Å². The van der Waals surface area contributed by atoms with E-state index in [-0.39, 0.29) is 0 Å². The number of imidazole rings is 1. The number of rotatable bonds is 5. The first-order chi connectivity index (χ1) is 14.5. The van der Waals surface area contributed by atoms with Gasteiger partial charge in [-0.3, -0.25) is 4.98 Å². The molecule has 0 aliphatic rings. The van der Waals surface area contributed by atoms with E-state index in [2.05, 4.69) is 71.0 Å². The average Bonchev–Trinajstić information content (AvgIpc) is 3.13. The SMILES string of the molecule is CCc1c(C)c(C#N)c2[nH]c3ccccc3[n+]2c1NN=Cc1ccc(C(C)C)cc1. The molecule has 30 heavy (non-hydrogen) atoms. The summed E-state index contributed by atoms with van der Waals surface area (Å²) in [4.78, 5) is 3.40. The molecule has 2 aromatic heterocycles. The molecular weight excluding hydrogens is 370 g/mol. The highest BCUT2D eigenvalue weighted by molar-refractivity contribution is 5.81. The van der Waals surface area contributed by atoms with Crippen molar-refractivity contribution >= 4 is 28.7 Å². The van der Waals surface area contributed by atoms with Crippen LogP contribution in [0.25, 0.3) is 16.7 Å². The van der Waals surface area contributed by atoms with Gasteiger partial charge in [-0.2, -0.15) is 15.1 Å². The Morgan fingerprint density at radius 3 is 2.57 bits per heavy atom. The fourth-order valence-electron chi connectivity index (χ4n) is 3.95. The summed E-state index contributed by atoms with van der Waals surface area (Å²) in [5.41, 5.74) is 11.1. The number of para-hydroxylation sites is 2. The second-order valence-electron chi connectivity index (χ2n) is 7.81. The van der Waals surface area contributed by atoms with Crippen LogP contribution in [0, 0.1) is 18.3 Å². The molecule has 0 saturated carbocycles. The molecule has 0 fully saturated rings. The number of pyridine rings is 1. The number of benzene rings is 2. The molecule has 5 heteroatoms. The molecule has 0 bridgehead atoms. The molecule has 0 radical (unpaired) electrons. The number of nitrogens with zero attached hydrogens (tertiary/aromatic N) is 3. The van der Waals surface area contributed by atoms with Crippen LogP contribution in [0.3, 0.4) is 0 Å². The predicted molar refractivity (Wildman–Crippen MR) is 122 cm³/mol. The van der Waals surface area contributed by atoms with Crippen molar-refractivity contribution in [2.24, 2.45) is 5.10 Å². The van der Waals surface area contributed by atoms with Gasteiger partial charge in [0.1, 0.15) is 22.7 Å². The lowest BCUT2D eigenvalue weighted by molar-refractivity contribution is -0.465. The van der Waals surface area contributed by atoms with Gasteiger partial charge in [0, 0.05) is 5.56 Å². The lowest BCUT2D eigenvalue weighted by Crippen LogP contribution is -2.28. The third kappa shape index (κ3) is 3.31. The molecule has 5 nitrogen and oxygen atoms in total. The standard InChI is InChI=1S/C25H25N5/c1-5-20-17(4)21(14-26)24-28-22-8-6-7-9-23(22)30(24)25(20)29-27-15-18-10-12-19(13-11-18)16(2)3/h6-13,15-16H,5H2,1-4H3,(H,28,29)/p+1. The zero-order chi connectivity index (χ0) is 21.3. The number of aromatic amines is 1. The predicted octanol–water partition coefficient (Wildman–Crippen LogP) is 5.22. The number of hydrogen-bond acceptors (Lipinski definition) is 3. The second kappa shape index (κ2) is 8.00. The van der Waals surface area contributed by atoms with Gasteiger partial charge in [-0.25, -0.2) is 0 Å². The van der Waals surface area contributed by atoms with Crippen molar-refractivity contribution in [2.75, 3.05) is 5.43 Å². The average molecular weight is 397 g/mol. The molecule has 4 rings (SSSR count). The highest BCUT2D eigenvalue weighted by Gasteiger charge is 2.24. The summed E-state index contributed by atoms with van der Waals surface area (Å²) in [6.45, 7) is 8.48. The minimum atomic E-state index is 0.509. The number of nitrogens with one attached hydrogen (secondary N) is 2. The van der Waals surface area contributed by atoms with E-state index >= 15 is 0 Å². The normalized spacial score (nSPS) is 11.6. The van der Waals surface area contributed by atoms with Crippen LogP contribution in [0.4, 0.5) is 5.82 Å². The Bertz CT molecular complexity index is 1290. The lowest BCUT2D eigenvalue weighted by atomic mass is 10.0. The second-order valence-corrected chi connectivity index (χ2v) is 7.81. The summed E-state index contributed by atoms with van der Waals surface area (Å²) in [5, 5.41) is 14.3. The van der Waals surface area contributed by atoms with Crippen molar-refractivity contribution in [2.45, 2.75) is 40.0 Å². The van der Waals surface area contributed by atoms with Crippen molar-refractivity contribution in [1.29, 1.82) is 5.26 Å². The zero-order valence-electron chi connectivity index (χ0n) is 17.8. The molecule has 4 aromatic rings. The molecule has 2 heterocycles. The van der Waals surface area contributed by atoms with E-state index in [0.717, 1.165) is 45.6 Å². The minimum absolute atomic E-state index is 0.509. The monoisotopic (exact) mass is 396 g/mol. The van der Waals surface area contributed by atoms with Crippen LogP contribution < -0.4 is 9.83 Å². The number of fused-ring (bicyclic) bond motifs is 3. The number of nitriles is 1. The van der Waals surface area contributed by atoms with Crippen LogP contribution in [0.15, 0.2) is 53.6 Å². The van der Waals surface area contributed by atoms with Crippen LogP contribution in [0.5, 0.6) is 0 Å². The van der Waals surface area contributed by atoms with Crippen molar-refractivity contribution in [1.82, 2.24) is 4.98 Å². The van der Waals surface area contributed by atoms with Gasteiger partial charge in [-0.15, -0.1) is 5.10 Å². The number of hydrazone groups is 1. The fraction of sp³-hybridized carbons (Fsp3) is 0.240. The maximum Gasteiger partial charge on any atom is 0.253 e. The van der Waals surface area contributed by atoms with E-state index in [0.29, 0.717) is 11.5 Å². The van der Waals surface area contributed by atoms with Crippen molar-refractivity contribution in [3.8, 4) is 6.07 Å². The molecule has 0 aliphatic heterocycles. The van der Waals surface area contributed by atoms with Crippen LogP contribution in [0.1, 0.15) is 54.5 Å². The Hall–Kier alpha value is -3.65. The van der Waals surface area contributed by atoms with E-state index in [1.807, 2.05) is 37.4 Å². The molecule has 0 saturated heterocycles. The molecule has 0 spiro atoms. The molecule has 2 aromatic carbocycles. The number of aromatic nitrogens is 2. The summed E-state index contributed by atoms with van der Waals surface area (Å²) < 4.78 is 2.07. The summed E-state index contributed by atoms with van der Waals surface area (Å²) >= 11 is 0. The highest BCUT2D eigenvalue weighted by Crippen LogP contribution is 2.25. The summed E-state index contributed by atoms with van der Waals surface area (Å²) in [5.74, 6) is 1.39. The fourth-order valence-corrected chi connectivity index (χ4v) is 3.95. The maximum atomic E-state index is 9.81. The van der Waals surface area contributed by atoms with Gasteiger partial charge in [0.15, 0.2) is 0 Å². The van der Waals surface area contributed by atoms with Gasteiger partial charge < -0.3 is 0 Å². The molecule has 2 N–H and O–H groups in total. The quantitative estimate of drug-likeness (QED) is 0.276. The Kier molecular flexibility index (Phi) is 5.24. The number of hydrogen-bond donors (Lipinski definition) is 2. The first kappa shape index (κ1) is 19.7. The van der Waals surface area contributed by atoms with Crippen LogP contribution >= 0.6 is 0 Å². The first-order valence-corrected chi connectivity index (χ1v) is 10.3.